The van der Waals surface area contributed by atoms with Crippen molar-refractivity contribution in [1.82, 2.24) is 10.2 Å². The predicted octanol–water partition coefficient (Wildman–Crippen LogP) is 6.18. The molecule has 0 bridgehead atoms. The first kappa shape index (κ1) is 30.5. The minimum atomic E-state index is -0.857. The number of hydrogen-bond donors (Lipinski definition) is 2. The molecule has 1 saturated carbocycles. The molecule has 1 fully saturated rings. The lowest BCUT2D eigenvalue weighted by atomic mass is 9.95. The molecule has 0 heterocycles. The molecule has 4 unspecified atom stereocenters. The zero-order chi connectivity index (χ0) is 28.9. The van der Waals surface area contributed by atoms with Gasteiger partial charge >= 0.3 is 6.09 Å². The van der Waals surface area contributed by atoms with Gasteiger partial charge in [0, 0.05) is 11.7 Å². The molecule has 2 aromatic carbocycles. The number of carbonyl (C=O) groups is 3. The number of aryl methyl sites for hydroxylation is 3. The molecule has 212 valence electrons. The van der Waals surface area contributed by atoms with Crippen molar-refractivity contribution >= 4 is 35.4 Å². The second-order valence-electron chi connectivity index (χ2n) is 11.6. The van der Waals surface area contributed by atoms with Gasteiger partial charge in [-0.1, -0.05) is 48.9 Å². The van der Waals surface area contributed by atoms with Gasteiger partial charge in [0.25, 0.3) is 5.91 Å². The van der Waals surface area contributed by atoms with Crippen molar-refractivity contribution < 1.29 is 19.1 Å². The Hall–Kier alpha value is -3.00. The summed E-state index contributed by atoms with van der Waals surface area (Å²) in [6.45, 7) is 13.3. The number of amides is 3. The minimum absolute atomic E-state index is 0.109. The molecule has 0 saturated heterocycles. The van der Waals surface area contributed by atoms with Crippen LogP contribution in [-0.2, 0) is 14.3 Å². The van der Waals surface area contributed by atoms with E-state index in [1.54, 1.807) is 37.4 Å². The fourth-order valence-corrected chi connectivity index (χ4v) is 5.15. The van der Waals surface area contributed by atoms with E-state index < -0.39 is 23.8 Å². The molecule has 0 aromatic heterocycles. The Morgan fingerprint density at radius 2 is 1.74 bits per heavy atom. The minimum Gasteiger partial charge on any atom is -0.444 e. The third kappa shape index (κ3) is 8.24. The lowest BCUT2D eigenvalue weighted by molar-refractivity contribution is -0.141. The number of alkyl carbamates (subject to hydrolysis) is 1. The fourth-order valence-electron chi connectivity index (χ4n) is 4.68. The van der Waals surface area contributed by atoms with Gasteiger partial charge in [-0.15, -0.1) is 0 Å². The maximum atomic E-state index is 14.4. The van der Waals surface area contributed by atoms with Gasteiger partial charge in [0.1, 0.15) is 17.7 Å². The predicted molar refractivity (Wildman–Crippen MR) is 159 cm³/mol. The summed E-state index contributed by atoms with van der Waals surface area (Å²) in [6, 6.07) is 11.8. The van der Waals surface area contributed by atoms with Crippen LogP contribution in [0.2, 0.25) is 0 Å². The summed E-state index contributed by atoms with van der Waals surface area (Å²) in [5.74, 6) is 0.376. The Labute approximate surface area is 237 Å². The molecule has 0 radical (unpaired) electrons. The van der Waals surface area contributed by atoms with Crippen LogP contribution in [-0.4, -0.2) is 52.5 Å². The summed E-state index contributed by atoms with van der Waals surface area (Å²) in [4.78, 5) is 43.0. The SMILES string of the molecule is CSCCC(NC(=O)OC(C)(C)C)C(=O)N(C(C(=O)Nc1ccccc1C)c1cc(C)ccc1C)C1CC1C. The van der Waals surface area contributed by atoms with Crippen LogP contribution in [0.15, 0.2) is 42.5 Å². The topological polar surface area (TPSA) is 87.7 Å². The van der Waals surface area contributed by atoms with Crippen LogP contribution in [0.4, 0.5) is 10.5 Å². The maximum absolute atomic E-state index is 14.4. The Balaban J connectivity index is 2.06. The summed E-state index contributed by atoms with van der Waals surface area (Å²) >= 11 is 1.60. The van der Waals surface area contributed by atoms with E-state index in [4.69, 9.17) is 4.74 Å². The smallest absolute Gasteiger partial charge is 0.408 e. The molecule has 39 heavy (non-hydrogen) atoms. The second kappa shape index (κ2) is 12.9. The number of para-hydroxylation sites is 1. The number of anilines is 1. The van der Waals surface area contributed by atoms with Gasteiger partial charge in [-0.05, 0) is 95.1 Å². The first-order valence-corrected chi connectivity index (χ1v) is 15.0. The summed E-state index contributed by atoms with van der Waals surface area (Å²) < 4.78 is 5.49. The lowest BCUT2D eigenvalue weighted by Crippen LogP contribution is -2.53. The highest BCUT2D eigenvalue weighted by Gasteiger charge is 2.48. The summed E-state index contributed by atoms with van der Waals surface area (Å²) in [5.41, 5.74) is 3.67. The molecule has 0 aliphatic heterocycles. The van der Waals surface area contributed by atoms with Gasteiger partial charge in [0.2, 0.25) is 5.91 Å². The molecule has 4 atom stereocenters. The Morgan fingerprint density at radius 3 is 2.33 bits per heavy atom. The number of ether oxygens (including phenoxy) is 1. The summed E-state index contributed by atoms with van der Waals surface area (Å²) in [6.07, 6.45) is 2.55. The number of benzene rings is 2. The van der Waals surface area contributed by atoms with E-state index in [9.17, 15) is 14.4 Å². The van der Waals surface area contributed by atoms with E-state index in [1.807, 2.05) is 69.5 Å². The van der Waals surface area contributed by atoms with E-state index in [0.29, 0.717) is 17.9 Å². The zero-order valence-electron chi connectivity index (χ0n) is 24.5. The van der Waals surface area contributed by atoms with Gasteiger partial charge in [-0.2, -0.15) is 11.8 Å². The van der Waals surface area contributed by atoms with Crippen molar-refractivity contribution in [3.63, 3.8) is 0 Å². The van der Waals surface area contributed by atoms with Crippen molar-refractivity contribution in [1.29, 1.82) is 0 Å². The first-order chi connectivity index (χ1) is 18.3. The molecule has 0 spiro atoms. The number of thioether (sulfide) groups is 1. The van der Waals surface area contributed by atoms with Crippen molar-refractivity contribution in [3.05, 3.63) is 64.7 Å². The van der Waals surface area contributed by atoms with Gasteiger partial charge in [-0.3, -0.25) is 9.59 Å². The Bertz CT molecular complexity index is 1190. The molecule has 2 aromatic rings. The van der Waals surface area contributed by atoms with Crippen molar-refractivity contribution in [3.8, 4) is 0 Å². The molecule has 3 rings (SSSR count). The van der Waals surface area contributed by atoms with Gasteiger partial charge < -0.3 is 20.3 Å². The van der Waals surface area contributed by atoms with E-state index in [-0.39, 0.29) is 23.8 Å². The molecular formula is C31H43N3O4S. The highest BCUT2D eigenvalue weighted by atomic mass is 32.2. The molecule has 2 N–H and O–H groups in total. The zero-order valence-corrected chi connectivity index (χ0v) is 25.3. The number of hydrogen-bond acceptors (Lipinski definition) is 5. The standard InChI is InChI=1S/C31H43N3O4S/c1-19-13-14-20(2)23(17-19)27(28(35)32-24-12-10-9-11-21(24)3)34(26-18-22(26)4)29(36)25(15-16-39-8)33-30(37)38-31(5,6)7/h9-14,17,22,25-27H,15-16,18H2,1-8H3,(H,32,35)(H,33,37). The monoisotopic (exact) mass is 553 g/mol. The fraction of sp³-hybridized carbons (Fsp3) is 0.516. The van der Waals surface area contributed by atoms with Crippen LogP contribution >= 0.6 is 11.8 Å². The molecular weight excluding hydrogens is 510 g/mol. The van der Waals surface area contributed by atoms with E-state index in [1.165, 1.54) is 0 Å². The van der Waals surface area contributed by atoms with Crippen LogP contribution in [0.5, 0.6) is 0 Å². The van der Waals surface area contributed by atoms with Crippen molar-refractivity contribution in [2.75, 3.05) is 17.3 Å². The third-order valence-electron chi connectivity index (χ3n) is 6.94. The number of rotatable bonds is 10. The van der Waals surface area contributed by atoms with E-state index >= 15 is 0 Å². The molecule has 8 heteroatoms. The molecule has 1 aliphatic carbocycles. The van der Waals surface area contributed by atoms with Crippen LogP contribution in [0.1, 0.15) is 68.8 Å². The van der Waals surface area contributed by atoms with Crippen molar-refractivity contribution in [2.24, 2.45) is 5.92 Å². The van der Waals surface area contributed by atoms with Crippen LogP contribution in [0, 0.1) is 26.7 Å². The van der Waals surface area contributed by atoms with Crippen LogP contribution in [0.3, 0.4) is 0 Å². The first-order valence-electron chi connectivity index (χ1n) is 13.6. The average molecular weight is 554 g/mol. The number of nitrogens with zero attached hydrogens (tertiary/aromatic N) is 1. The number of carbonyl (C=O) groups excluding carboxylic acids is 3. The normalized spacial score (nSPS) is 18.1. The molecule has 1 aliphatic rings. The second-order valence-corrected chi connectivity index (χ2v) is 12.6. The van der Waals surface area contributed by atoms with Crippen LogP contribution in [0.25, 0.3) is 0 Å². The largest absolute Gasteiger partial charge is 0.444 e. The van der Waals surface area contributed by atoms with Crippen molar-refractivity contribution in [2.45, 2.75) is 85.0 Å². The van der Waals surface area contributed by atoms with Gasteiger partial charge in [-0.25, -0.2) is 4.79 Å². The molecule has 3 amide bonds. The maximum Gasteiger partial charge on any atom is 0.408 e. The Kier molecular flexibility index (Phi) is 10.1. The average Bonchev–Trinajstić information content (AvgIpc) is 3.57. The highest BCUT2D eigenvalue weighted by Crippen LogP contribution is 2.42. The highest BCUT2D eigenvalue weighted by molar-refractivity contribution is 7.98. The van der Waals surface area contributed by atoms with E-state index in [0.717, 1.165) is 28.7 Å². The van der Waals surface area contributed by atoms with Gasteiger partial charge in [0.15, 0.2) is 0 Å². The lowest BCUT2D eigenvalue weighted by Gasteiger charge is -2.36. The summed E-state index contributed by atoms with van der Waals surface area (Å²) in [5, 5.41) is 5.91. The Morgan fingerprint density at radius 1 is 1.08 bits per heavy atom. The van der Waals surface area contributed by atoms with E-state index in [2.05, 4.69) is 17.6 Å². The number of nitrogens with one attached hydrogen (secondary N) is 2. The van der Waals surface area contributed by atoms with Gasteiger partial charge in [0.05, 0.1) is 0 Å². The summed E-state index contributed by atoms with van der Waals surface area (Å²) in [7, 11) is 0. The molecule has 7 nitrogen and oxygen atoms in total. The third-order valence-corrected chi connectivity index (χ3v) is 7.58. The quantitative estimate of drug-likeness (QED) is 0.367. The van der Waals surface area contributed by atoms with Crippen LogP contribution < -0.4 is 10.6 Å².